The predicted octanol–water partition coefficient (Wildman–Crippen LogP) is 3.41. The fourth-order valence-corrected chi connectivity index (χ4v) is 2.19. The Bertz CT molecular complexity index is 759. The van der Waals surface area contributed by atoms with Crippen LogP contribution in [0.2, 0.25) is 0 Å². The third-order valence-electron chi connectivity index (χ3n) is 2.78. The largest absolute Gasteiger partial charge is 0.361 e. The number of rotatable bonds is 1. The Morgan fingerprint density at radius 3 is 2.20 bits per heavy atom. The van der Waals surface area contributed by atoms with Crippen LogP contribution in [0.15, 0.2) is 65.7 Å². The summed E-state index contributed by atoms with van der Waals surface area (Å²) in [6.45, 7) is 1.84. The van der Waals surface area contributed by atoms with Gasteiger partial charge < -0.3 is 4.98 Å². The third-order valence-corrected chi connectivity index (χ3v) is 3.65. The number of hydrogen-bond donors (Lipinski definition) is 2. The van der Waals surface area contributed by atoms with Crippen LogP contribution in [0, 0.1) is 6.92 Å². The van der Waals surface area contributed by atoms with Crippen molar-refractivity contribution in [2.24, 2.45) is 0 Å². The van der Waals surface area contributed by atoms with Gasteiger partial charge in [0.15, 0.2) is 0 Å². The zero-order chi connectivity index (χ0) is 14.6. The van der Waals surface area contributed by atoms with Crippen LogP contribution in [-0.4, -0.2) is 18.0 Å². The highest BCUT2D eigenvalue weighted by Crippen LogP contribution is 2.09. The minimum Gasteiger partial charge on any atom is -0.361 e. The van der Waals surface area contributed by atoms with Crippen molar-refractivity contribution in [2.75, 3.05) is 0 Å². The second-order valence-corrected chi connectivity index (χ2v) is 5.77. The smallest absolute Gasteiger partial charge is 0.294 e. The molecule has 0 amide bonds. The molecule has 0 radical (unpaired) electrons. The Morgan fingerprint density at radius 2 is 1.60 bits per heavy atom. The van der Waals surface area contributed by atoms with Gasteiger partial charge in [-0.2, -0.15) is 8.42 Å². The van der Waals surface area contributed by atoms with Crippen LogP contribution in [0.1, 0.15) is 5.56 Å². The van der Waals surface area contributed by atoms with Gasteiger partial charge in [0.2, 0.25) is 0 Å². The normalized spacial score (nSPS) is 10.9. The Hall–Kier alpha value is -2.11. The van der Waals surface area contributed by atoms with E-state index in [1.54, 1.807) is 12.1 Å². The summed E-state index contributed by atoms with van der Waals surface area (Å²) in [7, 11) is -4.02. The van der Waals surface area contributed by atoms with Gasteiger partial charge in [0.25, 0.3) is 10.1 Å². The van der Waals surface area contributed by atoms with Gasteiger partial charge in [0.05, 0.1) is 4.90 Å². The molecule has 3 aromatic rings. The van der Waals surface area contributed by atoms with Gasteiger partial charge in [0.1, 0.15) is 0 Å². The lowest BCUT2D eigenvalue weighted by molar-refractivity contribution is 0.483. The van der Waals surface area contributed by atoms with Gasteiger partial charge in [0, 0.05) is 11.7 Å². The summed E-state index contributed by atoms with van der Waals surface area (Å²) < 4.78 is 29.6. The summed E-state index contributed by atoms with van der Waals surface area (Å²) in [6.07, 6.45) is 1.95. The number of para-hydroxylation sites is 1. The fraction of sp³-hybridized carbons (Fsp3) is 0.0667. The minimum absolute atomic E-state index is 0.0666. The first kappa shape index (κ1) is 14.3. The highest BCUT2D eigenvalue weighted by atomic mass is 32.2. The molecule has 1 aromatic heterocycles. The average molecular weight is 289 g/mol. The third kappa shape index (κ3) is 3.69. The first-order valence-corrected chi connectivity index (χ1v) is 7.47. The lowest BCUT2D eigenvalue weighted by Crippen LogP contribution is -1.96. The Labute approximate surface area is 117 Å². The number of aryl methyl sites for hydroxylation is 1. The molecule has 3 rings (SSSR count). The van der Waals surface area contributed by atoms with Crippen molar-refractivity contribution in [1.82, 2.24) is 4.98 Å². The first-order chi connectivity index (χ1) is 9.47. The minimum atomic E-state index is -4.02. The molecule has 0 saturated heterocycles. The molecule has 1 heterocycles. The number of H-pyrrole nitrogens is 1. The van der Waals surface area contributed by atoms with Gasteiger partial charge in [-0.15, -0.1) is 0 Å². The van der Waals surface area contributed by atoms with Crippen LogP contribution in [0.3, 0.4) is 0 Å². The molecular formula is C15H15NO3S. The number of benzene rings is 2. The van der Waals surface area contributed by atoms with Crippen molar-refractivity contribution >= 4 is 21.0 Å². The average Bonchev–Trinajstić information content (AvgIpc) is 2.87. The second kappa shape index (κ2) is 5.90. The van der Waals surface area contributed by atoms with E-state index < -0.39 is 10.1 Å². The molecule has 2 aromatic carbocycles. The van der Waals surface area contributed by atoms with E-state index in [0.29, 0.717) is 0 Å². The van der Waals surface area contributed by atoms with Crippen molar-refractivity contribution in [3.05, 3.63) is 66.4 Å². The van der Waals surface area contributed by atoms with Crippen molar-refractivity contribution in [1.29, 1.82) is 0 Å². The zero-order valence-corrected chi connectivity index (χ0v) is 11.8. The van der Waals surface area contributed by atoms with Gasteiger partial charge in [-0.3, -0.25) is 4.55 Å². The predicted molar refractivity (Wildman–Crippen MR) is 79.3 cm³/mol. The Morgan fingerprint density at radius 1 is 0.950 bits per heavy atom. The maximum Gasteiger partial charge on any atom is 0.294 e. The van der Waals surface area contributed by atoms with Crippen LogP contribution >= 0.6 is 0 Å². The topological polar surface area (TPSA) is 70.2 Å². The van der Waals surface area contributed by atoms with Crippen LogP contribution in [0.4, 0.5) is 0 Å². The highest BCUT2D eigenvalue weighted by molar-refractivity contribution is 7.85. The van der Waals surface area contributed by atoms with Crippen LogP contribution in [0.25, 0.3) is 10.9 Å². The van der Waals surface area contributed by atoms with E-state index in [-0.39, 0.29) is 4.90 Å². The summed E-state index contributed by atoms with van der Waals surface area (Å²) in [4.78, 5) is 3.05. The van der Waals surface area contributed by atoms with Crippen LogP contribution in [0.5, 0.6) is 0 Å². The summed E-state index contributed by atoms with van der Waals surface area (Å²) in [5, 5.41) is 1.28. The standard InChI is InChI=1S/C8H7N.C7H8O3S/c1-2-4-8-7(3-1)5-6-9-8;1-6-2-4-7(5-3-6)11(8,9)10/h1-6,9H;2-5H,1H3,(H,8,9,10). The highest BCUT2D eigenvalue weighted by Gasteiger charge is 2.06. The SMILES string of the molecule is Cc1ccc(S(=O)(=O)O)cc1.c1ccc2[nH]ccc2c1. The molecule has 5 heteroatoms. The summed E-state index contributed by atoms with van der Waals surface area (Å²) in [6, 6.07) is 16.3. The summed E-state index contributed by atoms with van der Waals surface area (Å²) in [5.74, 6) is 0. The van der Waals surface area contributed by atoms with E-state index in [9.17, 15) is 8.42 Å². The van der Waals surface area contributed by atoms with Crippen LogP contribution in [-0.2, 0) is 10.1 Å². The number of fused-ring (bicyclic) bond motifs is 1. The Kier molecular flexibility index (Phi) is 4.22. The van der Waals surface area contributed by atoms with Gasteiger partial charge in [-0.05, 0) is 36.6 Å². The van der Waals surface area contributed by atoms with E-state index in [1.807, 2.05) is 25.3 Å². The zero-order valence-electron chi connectivity index (χ0n) is 10.9. The van der Waals surface area contributed by atoms with Gasteiger partial charge in [-0.25, -0.2) is 0 Å². The maximum absolute atomic E-state index is 10.5. The summed E-state index contributed by atoms with van der Waals surface area (Å²) in [5.41, 5.74) is 2.16. The molecule has 0 aliphatic heterocycles. The molecular weight excluding hydrogens is 274 g/mol. The first-order valence-electron chi connectivity index (χ1n) is 6.03. The van der Waals surface area contributed by atoms with Crippen molar-refractivity contribution in [2.45, 2.75) is 11.8 Å². The molecule has 0 unspecified atom stereocenters. The van der Waals surface area contributed by atoms with Crippen LogP contribution < -0.4 is 0 Å². The quantitative estimate of drug-likeness (QED) is 0.674. The van der Waals surface area contributed by atoms with E-state index in [4.69, 9.17) is 4.55 Å². The second-order valence-electron chi connectivity index (χ2n) is 4.35. The molecule has 0 fully saturated rings. The number of aromatic amines is 1. The number of aromatic nitrogens is 1. The molecule has 20 heavy (non-hydrogen) atoms. The van der Waals surface area contributed by atoms with Crippen molar-refractivity contribution in [3.8, 4) is 0 Å². The van der Waals surface area contributed by atoms with Gasteiger partial charge >= 0.3 is 0 Å². The van der Waals surface area contributed by atoms with Gasteiger partial charge in [-0.1, -0.05) is 35.9 Å². The molecule has 0 spiro atoms. The van der Waals surface area contributed by atoms with E-state index in [0.717, 1.165) is 5.56 Å². The van der Waals surface area contributed by atoms with Crippen molar-refractivity contribution < 1.29 is 13.0 Å². The van der Waals surface area contributed by atoms with Crippen molar-refractivity contribution in [3.63, 3.8) is 0 Å². The molecule has 0 atom stereocenters. The molecule has 0 aliphatic carbocycles. The van der Waals surface area contributed by atoms with E-state index in [1.165, 1.54) is 23.0 Å². The van der Waals surface area contributed by atoms with E-state index >= 15 is 0 Å². The Balaban J connectivity index is 0.000000149. The molecule has 0 bridgehead atoms. The lowest BCUT2D eigenvalue weighted by atomic mass is 10.2. The van der Waals surface area contributed by atoms with E-state index in [2.05, 4.69) is 23.2 Å². The molecule has 0 saturated carbocycles. The summed E-state index contributed by atoms with van der Waals surface area (Å²) >= 11 is 0. The number of nitrogens with one attached hydrogen (secondary N) is 1. The molecule has 104 valence electrons. The molecule has 0 aliphatic rings. The number of hydrogen-bond acceptors (Lipinski definition) is 2. The molecule has 2 N–H and O–H groups in total. The molecule has 4 nitrogen and oxygen atoms in total. The monoisotopic (exact) mass is 289 g/mol. The maximum atomic E-state index is 10.5. The fourth-order valence-electron chi connectivity index (χ4n) is 1.71. The lowest BCUT2D eigenvalue weighted by Gasteiger charge is -1.95.